The largest absolute Gasteiger partial charge is 0.508 e. The average molecular weight is 242 g/mol. The zero-order valence-corrected chi connectivity index (χ0v) is 9.84. The molecule has 0 saturated carbocycles. The van der Waals surface area contributed by atoms with Crippen molar-refractivity contribution < 1.29 is 15.0 Å². The third-order valence-corrected chi connectivity index (χ3v) is 2.85. The van der Waals surface area contributed by atoms with E-state index in [1.807, 2.05) is 30.3 Å². The molecular formula is C15H14O3. The van der Waals surface area contributed by atoms with Crippen LogP contribution in [-0.2, 0) is 12.8 Å². The lowest BCUT2D eigenvalue weighted by Gasteiger charge is -2.07. The van der Waals surface area contributed by atoms with Crippen LogP contribution in [0.5, 0.6) is 5.75 Å². The normalized spacial score (nSPS) is 10.2. The molecule has 0 amide bonds. The van der Waals surface area contributed by atoms with Crippen LogP contribution in [-0.4, -0.2) is 16.2 Å². The summed E-state index contributed by atoms with van der Waals surface area (Å²) in [5, 5.41) is 18.5. The van der Waals surface area contributed by atoms with E-state index in [0.717, 1.165) is 12.0 Å². The van der Waals surface area contributed by atoms with Gasteiger partial charge in [-0.1, -0.05) is 30.3 Å². The highest BCUT2D eigenvalue weighted by Crippen LogP contribution is 2.18. The van der Waals surface area contributed by atoms with Gasteiger partial charge in [-0.05, 0) is 42.2 Å². The first kappa shape index (κ1) is 12.2. The summed E-state index contributed by atoms with van der Waals surface area (Å²) in [6.07, 6.45) is 1.35. The minimum Gasteiger partial charge on any atom is -0.508 e. The van der Waals surface area contributed by atoms with Crippen molar-refractivity contribution in [2.75, 3.05) is 0 Å². The van der Waals surface area contributed by atoms with E-state index in [1.54, 1.807) is 0 Å². The fourth-order valence-electron chi connectivity index (χ4n) is 1.92. The van der Waals surface area contributed by atoms with Crippen molar-refractivity contribution in [2.24, 2.45) is 0 Å². The summed E-state index contributed by atoms with van der Waals surface area (Å²) in [5.74, 6) is -0.860. The molecule has 0 aromatic heterocycles. The highest BCUT2D eigenvalue weighted by molar-refractivity contribution is 5.89. The maximum Gasteiger partial charge on any atom is 0.335 e. The third-order valence-electron chi connectivity index (χ3n) is 2.85. The molecule has 3 heteroatoms. The van der Waals surface area contributed by atoms with E-state index in [1.165, 1.54) is 18.2 Å². The Labute approximate surface area is 105 Å². The number of carboxylic acid groups (broad SMARTS) is 1. The summed E-state index contributed by atoms with van der Waals surface area (Å²) in [6, 6.07) is 14.2. The number of aromatic carboxylic acids is 1. The second-order valence-corrected chi connectivity index (χ2v) is 4.13. The first-order valence-corrected chi connectivity index (χ1v) is 5.76. The zero-order chi connectivity index (χ0) is 13.0. The molecule has 2 aromatic rings. The molecule has 0 aliphatic heterocycles. The Morgan fingerprint density at radius 3 is 2.39 bits per heavy atom. The zero-order valence-electron chi connectivity index (χ0n) is 9.84. The second-order valence-electron chi connectivity index (χ2n) is 4.13. The lowest BCUT2D eigenvalue weighted by Crippen LogP contribution is -2.03. The van der Waals surface area contributed by atoms with Crippen molar-refractivity contribution in [2.45, 2.75) is 12.8 Å². The van der Waals surface area contributed by atoms with Crippen molar-refractivity contribution in [3.8, 4) is 5.75 Å². The summed E-state index contributed by atoms with van der Waals surface area (Å²) in [4.78, 5) is 11.1. The Bertz CT molecular complexity index is 547. The highest BCUT2D eigenvalue weighted by atomic mass is 16.4. The number of carbonyl (C=O) groups is 1. The molecule has 2 N–H and O–H groups in total. The molecule has 0 spiro atoms. The van der Waals surface area contributed by atoms with Crippen LogP contribution in [0.25, 0.3) is 0 Å². The molecule has 0 fully saturated rings. The van der Waals surface area contributed by atoms with Crippen LogP contribution in [0.15, 0.2) is 48.5 Å². The minimum absolute atomic E-state index is 0.100. The fourth-order valence-corrected chi connectivity index (χ4v) is 1.92. The maximum absolute atomic E-state index is 11.1. The summed E-state index contributed by atoms with van der Waals surface area (Å²) < 4.78 is 0. The molecular weight excluding hydrogens is 228 g/mol. The Hall–Kier alpha value is -2.29. The number of carboxylic acids is 1. The van der Waals surface area contributed by atoms with Gasteiger partial charge < -0.3 is 10.2 Å². The van der Waals surface area contributed by atoms with Gasteiger partial charge in [0.05, 0.1) is 5.56 Å². The van der Waals surface area contributed by atoms with E-state index >= 15 is 0 Å². The number of hydrogen-bond acceptors (Lipinski definition) is 2. The number of phenols is 1. The Balaban J connectivity index is 2.18. The van der Waals surface area contributed by atoms with Gasteiger partial charge in [0.2, 0.25) is 0 Å². The molecule has 2 aromatic carbocycles. The van der Waals surface area contributed by atoms with Gasteiger partial charge in [-0.2, -0.15) is 0 Å². The molecule has 3 nitrogen and oxygen atoms in total. The number of hydrogen-bond donors (Lipinski definition) is 2. The van der Waals surface area contributed by atoms with Crippen molar-refractivity contribution in [3.63, 3.8) is 0 Å². The fraction of sp³-hybridized carbons (Fsp3) is 0.133. The molecule has 0 aliphatic rings. The number of benzene rings is 2. The standard InChI is InChI=1S/C15H14O3/c16-13-8-9-14(15(17)18)12(10-13)7-6-11-4-2-1-3-5-11/h1-5,8-10,16H,6-7H2,(H,17,18). The second kappa shape index (κ2) is 5.36. The monoisotopic (exact) mass is 242 g/mol. The van der Waals surface area contributed by atoms with Gasteiger partial charge >= 0.3 is 5.97 Å². The lowest BCUT2D eigenvalue weighted by atomic mass is 9.99. The van der Waals surface area contributed by atoms with Crippen molar-refractivity contribution in [1.29, 1.82) is 0 Å². The quantitative estimate of drug-likeness (QED) is 0.866. The minimum atomic E-state index is -0.960. The average Bonchev–Trinajstić information content (AvgIpc) is 2.37. The summed E-state index contributed by atoms with van der Waals surface area (Å²) in [6.45, 7) is 0. The smallest absolute Gasteiger partial charge is 0.335 e. The van der Waals surface area contributed by atoms with Crippen molar-refractivity contribution >= 4 is 5.97 Å². The van der Waals surface area contributed by atoms with Gasteiger partial charge in [0.25, 0.3) is 0 Å². The molecule has 0 atom stereocenters. The molecule has 0 heterocycles. The van der Waals surface area contributed by atoms with Crippen molar-refractivity contribution in [1.82, 2.24) is 0 Å². The topological polar surface area (TPSA) is 57.5 Å². The van der Waals surface area contributed by atoms with Crippen LogP contribution in [0.4, 0.5) is 0 Å². The number of rotatable bonds is 4. The molecule has 0 bridgehead atoms. The number of phenolic OH excluding ortho intramolecular Hbond substituents is 1. The van der Waals surface area contributed by atoms with E-state index in [4.69, 9.17) is 5.11 Å². The van der Waals surface area contributed by atoms with Gasteiger partial charge in [-0.3, -0.25) is 0 Å². The first-order valence-electron chi connectivity index (χ1n) is 5.76. The van der Waals surface area contributed by atoms with E-state index in [-0.39, 0.29) is 11.3 Å². The van der Waals surface area contributed by atoms with Gasteiger partial charge in [-0.25, -0.2) is 4.79 Å². The van der Waals surface area contributed by atoms with E-state index < -0.39 is 5.97 Å². The molecule has 0 saturated heterocycles. The molecule has 18 heavy (non-hydrogen) atoms. The molecule has 2 rings (SSSR count). The maximum atomic E-state index is 11.1. The van der Waals surface area contributed by atoms with E-state index in [2.05, 4.69) is 0 Å². The Kier molecular flexibility index (Phi) is 3.63. The van der Waals surface area contributed by atoms with Crippen LogP contribution >= 0.6 is 0 Å². The van der Waals surface area contributed by atoms with Crippen LogP contribution in [0.1, 0.15) is 21.5 Å². The molecule has 0 unspecified atom stereocenters. The predicted molar refractivity (Wildman–Crippen MR) is 68.9 cm³/mol. The van der Waals surface area contributed by atoms with Gasteiger partial charge in [-0.15, -0.1) is 0 Å². The highest BCUT2D eigenvalue weighted by Gasteiger charge is 2.10. The number of aryl methyl sites for hydroxylation is 2. The van der Waals surface area contributed by atoms with Crippen LogP contribution in [0.3, 0.4) is 0 Å². The first-order chi connectivity index (χ1) is 8.66. The summed E-state index contributed by atoms with van der Waals surface area (Å²) >= 11 is 0. The van der Waals surface area contributed by atoms with E-state index in [9.17, 15) is 9.90 Å². The van der Waals surface area contributed by atoms with Gasteiger partial charge in [0, 0.05) is 0 Å². The van der Waals surface area contributed by atoms with Gasteiger partial charge in [0.15, 0.2) is 0 Å². The van der Waals surface area contributed by atoms with Gasteiger partial charge in [0.1, 0.15) is 5.75 Å². The van der Waals surface area contributed by atoms with Crippen LogP contribution in [0, 0.1) is 0 Å². The SMILES string of the molecule is O=C(O)c1ccc(O)cc1CCc1ccccc1. The molecule has 0 radical (unpaired) electrons. The third kappa shape index (κ3) is 2.88. The van der Waals surface area contributed by atoms with Crippen molar-refractivity contribution in [3.05, 3.63) is 65.2 Å². The molecule has 0 aliphatic carbocycles. The summed E-state index contributed by atoms with van der Waals surface area (Å²) in [5.41, 5.74) is 2.06. The summed E-state index contributed by atoms with van der Waals surface area (Å²) in [7, 11) is 0. The number of aromatic hydroxyl groups is 1. The van der Waals surface area contributed by atoms with E-state index in [0.29, 0.717) is 12.0 Å². The van der Waals surface area contributed by atoms with Crippen LogP contribution in [0.2, 0.25) is 0 Å². The Morgan fingerprint density at radius 1 is 1.00 bits per heavy atom. The predicted octanol–water partition coefficient (Wildman–Crippen LogP) is 2.88. The Morgan fingerprint density at radius 2 is 1.72 bits per heavy atom. The lowest BCUT2D eigenvalue weighted by molar-refractivity contribution is 0.0695. The van der Waals surface area contributed by atoms with Crippen LogP contribution < -0.4 is 0 Å². The molecule has 92 valence electrons.